The first-order valence-electron chi connectivity index (χ1n) is 17.3. The summed E-state index contributed by atoms with van der Waals surface area (Å²) in [5.41, 5.74) is 12.6. The predicted molar refractivity (Wildman–Crippen MR) is 206 cm³/mol. The maximum Gasteiger partial charge on any atom is 0.168 e. The van der Waals surface area contributed by atoms with Crippen molar-refractivity contribution in [3.8, 4) is 45.3 Å². The van der Waals surface area contributed by atoms with Gasteiger partial charge in [-0.25, -0.2) is 0 Å². The van der Waals surface area contributed by atoms with Crippen LogP contribution in [0.3, 0.4) is 0 Å². The highest BCUT2D eigenvalue weighted by Crippen LogP contribution is 2.57. The highest BCUT2D eigenvalue weighted by Gasteiger charge is 2.46. The average molecular weight is 653 g/mol. The van der Waals surface area contributed by atoms with Crippen LogP contribution < -0.4 is 0 Å². The lowest BCUT2D eigenvalue weighted by atomic mass is 9.67. The Bertz CT molecular complexity index is 2560. The molecule has 0 N–H and O–H groups in total. The molecule has 7 aromatic carbocycles. The predicted octanol–water partition coefficient (Wildman–Crippen LogP) is 10.9. The zero-order chi connectivity index (χ0) is 33.8. The minimum atomic E-state index is -0.447. The van der Waals surface area contributed by atoms with E-state index in [2.05, 4.69) is 177 Å². The van der Waals surface area contributed by atoms with E-state index in [4.69, 9.17) is 0 Å². The van der Waals surface area contributed by atoms with Crippen molar-refractivity contribution in [2.45, 2.75) is 5.41 Å². The van der Waals surface area contributed by atoms with Crippen molar-refractivity contribution >= 4 is 10.9 Å². The summed E-state index contributed by atoms with van der Waals surface area (Å²) in [7, 11) is 0. The molecule has 4 nitrogen and oxygen atoms in total. The summed E-state index contributed by atoms with van der Waals surface area (Å²) >= 11 is 0. The van der Waals surface area contributed by atoms with Crippen LogP contribution in [0.1, 0.15) is 22.3 Å². The number of nitrogens with zero attached hydrogens (tertiary/aromatic N) is 4. The van der Waals surface area contributed by atoms with Gasteiger partial charge in [0.05, 0.1) is 10.9 Å². The fourth-order valence-electron chi connectivity index (χ4n) is 8.21. The molecule has 0 fully saturated rings. The van der Waals surface area contributed by atoms with Gasteiger partial charge in [0.15, 0.2) is 11.6 Å². The van der Waals surface area contributed by atoms with Crippen LogP contribution in [0.5, 0.6) is 0 Å². The molecule has 0 radical (unpaired) electrons. The molecule has 1 aliphatic carbocycles. The molecule has 51 heavy (non-hydrogen) atoms. The molecule has 0 saturated heterocycles. The van der Waals surface area contributed by atoms with E-state index in [0.717, 1.165) is 34.2 Å². The summed E-state index contributed by atoms with van der Waals surface area (Å²) in [5.74, 6) is 1.61. The van der Waals surface area contributed by atoms with Crippen LogP contribution in [-0.2, 0) is 5.41 Å². The third kappa shape index (κ3) is 4.40. The van der Waals surface area contributed by atoms with Gasteiger partial charge in [0.2, 0.25) is 0 Å². The van der Waals surface area contributed by atoms with E-state index in [1.807, 2.05) is 36.4 Å². The van der Waals surface area contributed by atoms with E-state index in [1.54, 1.807) is 0 Å². The van der Waals surface area contributed by atoms with Gasteiger partial charge in [-0.05, 0) is 58.1 Å². The second-order valence-electron chi connectivity index (χ2n) is 13.1. The van der Waals surface area contributed by atoms with Crippen LogP contribution in [0.2, 0.25) is 0 Å². The van der Waals surface area contributed by atoms with E-state index in [1.165, 1.54) is 44.3 Å². The molecule has 10 rings (SSSR count). The molecular weight excluding hydrogens is 621 g/mol. The Morgan fingerprint density at radius 2 is 0.922 bits per heavy atom. The van der Waals surface area contributed by atoms with E-state index in [-0.39, 0.29) is 0 Å². The maximum atomic E-state index is 4.68. The first-order chi connectivity index (χ1) is 25.3. The average Bonchev–Trinajstić information content (AvgIpc) is 3.93. The fourth-order valence-corrected chi connectivity index (χ4v) is 8.21. The van der Waals surface area contributed by atoms with Crippen LogP contribution in [-0.4, -0.2) is 19.3 Å². The Labute approximate surface area is 296 Å². The highest BCUT2D eigenvalue weighted by atomic mass is 15.3. The molecule has 0 bridgehead atoms. The zero-order valence-corrected chi connectivity index (χ0v) is 27.8. The van der Waals surface area contributed by atoms with Gasteiger partial charge in [-0.2, -0.15) is 0 Å². The second kappa shape index (κ2) is 11.7. The van der Waals surface area contributed by atoms with Gasteiger partial charge in [0.1, 0.15) is 0 Å². The Balaban J connectivity index is 1.17. The highest BCUT2D eigenvalue weighted by molar-refractivity contribution is 6.03. The van der Waals surface area contributed by atoms with Crippen molar-refractivity contribution in [2.75, 3.05) is 0 Å². The first kappa shape index (κ1) is 29.2. The van der Waals surface area contributed by atoms with Crippen molar-refractivity contribution < 1.29 is 0 Å². The lowest BCUT2D eigenvalue weighted by molar-refractivity contribution is 0.769. The molecule has 2 aromatic heterocycles. The molecule has 9 aromatic rings. The molecule has 0 amide bonds. The monoisotopic (exact) mass is 652 g/mol. The smallest absolute Gasteiger partial charge is 0.168 e. The molecule has 0 aliphatic heterocycles. The number of aromatic nitrogens is 4. The molecule has 240 valence electrons. The van der Waals surface area contributed by atoms with Crippen molar-refractivity contribution in [3.05, 3.63) is 217 Å². The quantitative estimate of drug-likeness (QED) is 0.179. The van der Waals surface area contributed by atoms with Crippen LogP contribution >= 0.6 is 0 Å². The SMILES string of the molecule is c1ccc(-c2nnc(-c3ccccc3)n2-c2ccc(-n3ccc4ccc5c(c43)-c3ccccc3C5(c3ccccc3)c3ccccc3)cc2)cc1. The Kier molecular flexibility index (Phi) is 6.68. The molecular formula is C47H32N4. The van der Waals surface area contributed by atoms with E-state index in [9.17, 15) is 0 Å². The van der Waals surface area contributed by atoms with Gasteiger partial charge in [-0.1, -0.05) is 158 Å². The molecule has 0 saturated carbocycles. The lowest BCUT2D eigenvalue weighted by Crippen LogP contribution is -2.28. The largest absolute Gasteiger partial charge is 0.316 e. The van der Waals surface area contributed by atoms with Crippen molar-refractivity contribution in [2.24, 2.45) is 0 Å². The summed E-state index contributed by atoms with van der Waals surface area (Å²) in [5, 5.41) is 10.6. The second-order valence-corrected chi connectivity index (χ2v) is 13.1. The molecule has 0 atom stereocenters. The minimum absolute atomic E-state index is 0.447. The van der Waals surface area contributed by atoms with Crippen LogP contribution in [0, 0.1) is 0 Å². The van der Waals surface area contributed by atoms with Gasteiger partial charge >= 0.3 is 0 Å². The normalized spacial score (nSPS) is 12.9. The zero-order valence-electron chi connectivity index (χ0n) is 27.8. The fraction of sp³-hybridized carbons (Fsp3) is 0.0213. The van der Waals surface area contributed by atoms with Crippen LogP contribution in [0.15, 0.2) is 194 Å². The summed E-state index contributed by atoms with van der Waals surface area (Å²) in [6.07, 6.45) is 2.21. The number of fused-ring (bicyclic) bond motifs is 5. The van der Waals surface area contributed by atoms with Crippen LogP contribution in [0.25, 0.3) is 56.2 Å². The Hall–Kier alpha value is -6.78. The minimum Gasteiger partial charge on any atom is -0.316 e. The molecule has 0 spiro atoms. The molecule has 2 heterocycles. The Morgan fingerprint density at radius 1 is 0.412 bits per heavy atom. The summed E-state index contributed by atoms with van der Waals surface area (Å²) in [4.78, 5) is 0. The topological polar surface area (TPSA) is 35.6 Å². The lowest BCUT2D eigenvalue weighted by Gasteiger charge is -2.33. The number of hydrogen-bond donors (Lipinski definition) is 0. The van der Waals surface area contributed by atoms with Gasteiger partial charge in [0, 0.05) is 39.6 Å². The van der Waals surface area contributed by atoms with Crippen molar-refractivity contribution in [3.63, 3.8) is 0 Å². The summed E-state index contributed by atoms with van der Waals surface area (Å²) < 4.78 is 4.51. The number of rotatable bonds is 6. The van der Waals surface area contributed by atoms with Gasteiger partial charge in [-0.15, -0.1) is 10.2 Å². The summed E-state index contributed by atoms with van der Waals surface area (Å²) in [6.45, 7) is 0. The van der Waals surface area contributed by atoms with E-state index in [0.29, 0.717) is 0 Å². The van der Waals surface area contributed by atoms with Crippen LogP contribution in [0.4, 0.5) is 0 Å². The van der Waals surface area contributed by atoms with Gasteiger partial charge < -0.3 is 4.57 Å². The van der Waals surface area contributed by atoms with Gasteiger partial charge in [0.25, 0.3) is 0 Å². The summed E-state index contributed by atoms with van der Waals surface area (Å²) in [6, 6.07) is 67.1. The van der Waals surface area contributed by atoms with Gasteiger partial charge in [-0.3, -0.25) is 4.57 Å². The third-order valence-corrected chi connectivity index (χ3v) is 10.4. The standard InChI is InChI=1S/C47H32N4/c1-5-15-34(16-6-1)45-48-49-46(35-17-7-2-8-18-35)51(45)39-28-26-38(27-29-39)50-32-31-33-25-30-42-43(44(33)50)40-23-13-14-24-41(40)47(42,36-19-9-3-10-20-36)37-21-11-4-12-22-37/h1-32H. The molecule has 0 unspecified atom stereocenters. The molecule has 4 heteroatoms. The first-order valence-corrected chi connectivity index (χ1v) is 17.3. The van der Waals surface area contributed by atoms with E-state index >= 15 is 0 Å². The Morgan fingerprint density at radius 3 is 1.51 bits per heavy atom. The maximum absolute atomic E-state index is 4.68. The molecule has 1 aliphatic rings. The van der Waals surface area contributed by atoms with Crippen molar-refractivity contribution in [1.29, 1.82) is 0 Å². The van der Waals surface area contributed by atoms with E-state index < -0.39 is 5.41 Å². The third-order valence-electron chi connectivity index (χ3n) is 10.4. The number of hydrogen-bond acceptors (Lipinski definition) is 2. The number of benzene rings is 7. The van der Waals surface area contributed by atoms with Crippen molar-refractivity contribution in [1.82, 2.24) is 19.3 Å².